The SMILES string of the molecule is CNCc1cc(C)nc(N2CCCC2)n1. The van der Waals surface area contributed by atoms with Gasteiger partial charge in [0.1, 0.15) is 0 Å². The first-order valence-corrected chi connectivity index (χ1v) is 5.53. The minimum atomic E-state index is 0.810. The molecule has 0 amide bonds. The van der Waals surface area contributed by atoms with Crippen molar-refractivity contribution < 1.29 is 0 Å². The summed E-state index contributed by atoms with van der Waals surface area (Å²) in [7, 11) is 1.94. The van der Waals surface area contributed by atoms with Gasteiger partial charge in [0.25, 0.3) is 0 Å². The lowest BCUT2D eigenvalue weighted by atomic mass is 10.3. The van der Waals surface area contributed by atoms with E-state index in [1.807, 2.05) is 20.0 Å². The van der Waals surface area contributed by atoms with Crippen LogP contribution in [0.2, 0.25) is 0 Å². The quantitative estimate of drug-likeness (QED) is 0.804. The summed E-state index contributed by atoms with van der Waals surface area (Å²) >= 11 is 0. The molecular weight excluding hydrogens is 188 g/mol. The number of aryl methyl sites for hydroxylation is 1. The number of hydrogen-bond acceptors (Lipinski definition) is 4. The van der Waals surface area contributed by atoms with Gasteiger partial charge in [-0.3, -0.25) is 0 Å². The van der Waals surface area contributed by atoms with Gasteiger partial charge in [-0.05, 0) is 32.9 Å². The van der Waals surface area contributed by atoms with Gasteiger partial charge in [0.2, 0.25) is 5.95 Å². The van der Waals surface area contributed by atoms with Crippen molar-refractivity contribution in [1.29, 1.82) is 0 Å². The van der Waals surface area contributed by atoms with E-state index in [9.17, 15) is 0 Å². The van der Waals surface area contributed by atoms with Crippen molar-refractivity contribution in [1.82, 2.24) is 15.3 Å². The van der Waals surface area contributed by atoms with Gasteiger partial charge in [0, 0.05) is 25.3 Å². The maximum absolute atomic E-state index is 4.56. The minimum absolute atomic E-state index is 0.810. The maximum Gasteiger partial charge on any atom is 0.225 e. The van der Waals surface area contributed by atoms with Crippen molar-refractivity contribution in [3.05, 3.63) is 17.5 Å². The number of nitrogens with zero attached hydrogens (tertiary/aromatic N) is 3. The first kappa shape index (κ1) is 10.4. The van der Waals surface area contributed by atoms with E-state index in [-0.39, 0.29) is 0 Å². The molecular formula is C11H18N4. The van der Waals surface area contributed by atoms with Gasteiger partial charge in [-0.15, -0.1) is 0 Å². The molecule has 0 aromatic carbocycles. The van der Waals surface area contributed by atoms with Crippen LogP contribution in [0.15, 0.2) is 6.07 Å². The van der Waals surface area contributed by atoms with Crippen molar-refractivity contribution in [2.75, 3.05) is 25.0 Å². The van der Waals surface area contributed by atoms with Crippen molar-refractivity contribution in [3.63, 3.8) is 0 Å². The summed E-state index contributed by atoms with van der Waals surface area (Å²) in [6, 6.07) is 2.04. The molecule has 0 saturated carbocycles. The molecule has 15 heavy (non-hydrogen) atoms. The van der Waals surface area contributed by atoms with Crippen LogP contribution in [0.3, 0.4) is 0 Å². The fourth-order valence-corrected chi connectivity index (χ4v) is 1.95. The zero-order valence-corrected chi connectivity index (χ0v) is 9.45. The molecule has 4 nitrogen and oxygen atoms in total. The van der Waals surface area contributed by atoms with Crippen molar-refractivity contribution in [2.24, 2.45) is 0 Å². The van der Waals surface area contributed by atoms with Gasteiger partial charge in [0.15, 0.2) is 0 Å². The summed E-state index contributed by atoms with van der Waals surface area (Å²) in [5.74, 6) is 0.901. The first-order valence-electron chi connectivity index (χ1n) is 5.53. The van der Waals surface area contributed by atoms with Gasteiger partial charge in [-0.1, -0.05) is 0 Å². The van der Waals surface area contributed by atoms with Crippen LogP contribution < -0.4 is 10.2 Å². The Morgan fingerprint density at radius 2 is 2.07 bits per heavy atom. The Labute approximate surface area is 90.7 Å². The third-order valence-electron chi connectivity index (χ3n) is 2.64. The zero-order valence-electron chi connectivity index (χ0n) is 9.45. The summed E-state index contributed by atoms with van der Waals surface area (Å²) < 4.78 is 0. The molecule has 82 valence electrons. The van der Waals surface area contributed by atoms with Crippen LogP contribution in [0.1, 0.15) is 24.2 Å². The predicted octanol–water partition coefficient (Wildman–Crippen LogP) is 1.10. The summed E-state index contributed by atoms with van der Waals surface area (Å²) in [4.78, 5) is 11.3. The van der Waals surface area contributed by atoms with E-state index in [0.717, 1.165) is 37.0 Å². The number of aromatic nitrogens is 2. The monoisotopic (exact) mass is 206 g/mol. The molecule has 1 N–H and O–H groups in total. The number of nitrogens with one attached hydrogen (secondary N) is 1. The number of hydrogen-bond donors (Lipinski definition) is 1. The van der Waals surface area contributed by atoms with Gasteiger partial charge >= 0.3 is 0 Å². The Kier molecular flexibility index (Phi) is 3.16. The van der Waals surface area contributed by atoms with Crippen molar-refractivity contribution in [2.45, 2.75) is 26.3 Å². The molecule has 1 fully saturated rings. The van der Waals surface area contributed by atoms with E-state index < -0.39 is 0 Å². The van der Waals surface area contributed by atoms with Crippen molar-refractivity contribution in [3.8, 4) is 0 Å². The van der Waals surface area contributed by atoms with Gasteiger partial charge < -0.3 is 10.2 Å². The molecule has 0 bridgehead atoms. The average molecular weight is 206 g/mol. The smallest absolute Gasteiger partial charge is 0.225 e. The Hall–Kier alpha value is -1.16. The Balaban J connectivity index is 2.22. The van der Waals surface area contributed by atoms with E-state index in [1.165, 1.54) is 12.8 Å². The highest BCUT2D eigenvalue weighted by Gasteiger charge is 2.15. The van der Waals surface area contributed by atoms with Gasteiger partial charge in [-0.2, -0.15) is 0 Å². The van der Waals surface area contributed by atoms with Crippen LogP contribution in [0.25, 0.3) is 0 Å². The molecule has 0 atom stereocenters. The molecule has 0 spiro atoms. The molecule has 2 rings (SSSR count). The number of anilines is 1. The van der Waals surface area contributed by atoms with Crippen LogP contribution in [-0.2, 0) is 6.54 Å². The highest BCUT2D eigenvalue weighted by atomic mass is 15.3. The normalized spacial score (nSPS) is 16.0. The molecule has 2 heterocycles. The lowest BCUT2D eigenvalue weighted by Gasteiger charge is -2.16. The third-order valence-corrected chi connectivity index (χ3v) is 2.64. The van der Waals surface area contributed by atoms with Gasteiger partial charge in [0.05, 0.1) is 5.69 Å². The molecule has 0 aliphatic carbocycles. The second-order valence-electron chi connectivity index (χ2n) is 4.03. The van der Waals surface area contributed by atoms with Crippen LogP contribution >= 0.6 is 0 Å². The predicted molar refractivity (Wildman–Crippen MR) is 61.0 cm³/mol. The molecule has 1 aromatic rings. The van der Waals surface area contributed by atoms with Crippen molar-refractivity contribution >= 4 is 5.95 Å². The molecule has 1 aromatic heterocycles. The molecule has 1 saturated heterocycles. The Morgan fingerprint density at radius 1 is 1.33 bits per heavy atom. The summed E-state index contributed by atoms with van der Waals surface area (Å²) in [6.07, 6.45) is 2.53. The van der Waals surface area contributed by atoms with E-state index >= 15 is 0 Å². The molecule has 0 radical (unpaired) electrons. The lowest BCUT2D eigenvalue weighted by Crippen LogP contribution is -2.22. The van der Waals surface area contributed by atoms with E-state index in [0.29, 0.717) is 0 Å². The molecule has 1 aliphatic heterocycles. The number of rotatable bonds is 3. The summed E-state index contributed by atoms with van der Waals surface area (Å²) in [5.41, 5.74) is 2.13. The second-order valence-corrected chi connectivity index (χ2v) is 4.03. The summed E-state index contributed by atoms with van der Waals surface area (Å²) in [5, 5.41) is 3.12. The Morgan fingerprint density at radius 3 is 2.73 bits per heavy atom. The van der Waals surface area contributed by atoms with Crippen LogP contribution in [-0.4, -0.2) is 30.1 Å². The van der Waals surface area contributed by atoms with Crippen LogP contribution in [0.4, 0.5) is 5.95 Å². The lowest BCUT2D eigenvalue weighted by molar-refractivity contribution is 0.772. The maximum atomic E-state index is 4.56. The van der Waals surface area contributed by atoms with Gasteiger partial charge in [-0.25, -0.2) is 9.97 Å². The molecule has 1 aliphatic rings. The Bertz CT molecular complexity index is 331. The highest BCUT2D eigenvalue weighted by molar-refractivity contribution is 5.33. The van der Waals surface area contributed by atoms with Crippen LogP contribution in [0, 0.1) is 6.92 Å². The van der Waals surface area contributed by atoms with E-state index in [1.54, 1.807) is 0 Å². The average Bonchev–Trinajstić information content (AvgIpc) is 2.70. The molecule has 4 heteroatoms. The van der Waals surface area contributed by atoms with E-state index in [2.05, 4.69) is 20.2 Å². The fraction of sp³-hybridized carbons (Fsp3) is 0.636. The third kappa shape index (κ3) is 2.45. The minimum Gasteiger partial charge on any atom is -0.341 e. The van der Waals surface area contributed by atoms with E-state index in [4.69, 9.17) is 0 Å². The fourth-order valence-electron chi connectivity index (χ4n) is 1.95. The largest absolute Gasteiger partial charge is 0.341 e. The van der Waals surface area contributed by atoms with Crippen LogP contribution in [0.5, 0.6) is 0 Å². The topological polar surface area (TPSA) is 41.1 Å². The first-order chi connectivity index (χ1) is 7.29. The molecule has 0 unspecified atom stereocenters. The summed E-state index contributed by atoms with van der Waals surface area (Å²) in [6.45, 7) is 5.04. The standard InChI is InChI=1S/C11H18N4/c1-9-7-10(8-12-2)14-11(13-9)15-5-3-4-6-15/h7,12H,3-6,8H2,1-2H3. The highest BCUT2D eigenvalue weighted by Crippen LogP contribution is 2.16. The zero-order chi connectivity index (χ0) is 10.7. The second kappa shape index (κ2) is 4.57.